The summed E-state index contributed by atoms with van der Waals surface area (Å²) in [5.41, 5.74) is 1.99. The zero-order valence-electron chi connectivity index (χ0n) is 31.9. The van der Waals surface area contributed by atoms with Gasteiger partial charge in [-0.05, 0) is 35.4 Å². The number of imide groups is 2. The van der Waals surface area contributed by atoms with E-state index in [9.17, 15) is 28.8 Å². The van der Waals surface area contributed by atoms with Crippen molar-refractivity contribution in [3.8, 4) is 0 Å². The first-order valence-electron chi connectivity index (χ1n) is 19.3. The fourth-order valence-electron chi connectivity index (χ4n) is 7.31. The highest BCUT2D eigenvalue weighted by Crippen LogP contribution is 2.34. The fraction of sp³-hybridized carbons (Fsp3) is 0.318. The molecule has 1 fully saturated rings. The number of hydrogen-bond acceptors (Lipinski definition) is 10. The third-order valence-electron chi connectivity index (χ3n) is 10.3. The van der Waals surface area contributed by atoms with Crippen LogP contribution in [-0.4, -0.2) is 134 Å². The number of fused-ring (bicyclic) bond motifs is 2. The Morgan fingerprint density at radius 2 is 0.638 bits per heavy atom. The molecule has 0 saturated carbocycles. The molecular weight excluding hydrogens is 745 g/mol. The molecule has 4 aromatic carbocycles. The third kappa shape index (κ3) is 8.60. The van der Waals surface area contributed by atoms with Gasteiger partial charge in [0.1, 0.15) is 12.1 Å². The largest absolute Gasteiger partial charge is 0.377 e. The smallest absolute Gasteiger partial charge is 0.262 e. The van der Waals surface area contributed by atoms with Gasteiger partial charge >= 0.3 is 0 Å². The van der Waals surface area contributed by atoms with Crippen molar-refractivity contribution >= 4 is 35.4 Å². The summed E-state index contributed by atoms with van der Waals surface area (Å²) in [5, 5.41) is 0. The van der Waals surface area contributed by atoms with Gasteiger partial charge < -0.3 is 28.7 Å². The lowest BCUT2D eigenvalue weighted by Gasteiger charge is -2.32. The Kier molecular flexibility index (Phi) is 13.1. The minimum Gasteiger partial charge on any atom is -0.377 e. The summed E-state index contributed by atoms with van der Waals surface area (Å²) < 4.78 is 23.5. The fourth-order valence-corrected chi connectivity index (χ4v) is 7.31. The van der Waals surface area contributed by atoms with Crippen LogP contribution in [0, 0.1) is 0 Å². The number of benzene rings is 4. The molecule has 3 heterocycles. The number of hydrogen-bond donors (Lipinski definition) is 0. The molecule has 3 aliphatic rings. The monoisotopic (exact) mass is 788 g/mol. The minimum atomic E-state index is -1.21. The zero-order chi connectivity index (χ0) is 40.4. The van der Waals surface area contributed by atoms with Crippen LogP contribution in [-0.2, 0) is 28.5 Å². The van der Waals surface area contributed by atoms with Gasteiger partial charge in [-0.15, -0.1) is 0 Å². The first-order valence-corrected chi connectivity index (χ1v) is 19.3. The van der Waals surface area contributed by atoms with Gasteiger partial charge in [0, 0.05) is 26.2 Å². The standard InChI is InChI=1S/C44H44N4O10/c49-39-33-15-7-8-16-34(33)40(50)47(39)37(31-11-3-1-4-12-31)43(53)45-19-23-55-27-29-57-25-21-46(22-26-58-30-28-56-24-20-45)44(54)38(32-13-5-2-6-14-32)48-41(51)35-17-9-10-18-36(35)42(48)52/h1-18,37-38H,19-30H2/t37-,38-/m1/s1. The summed E-state index contributed by atoms with van der Waals surface area (Å²) in [4.78, 5) is 88.3. The van der Waals surface area contributed by atoms with Crippen molar-refractivity contribution in [2.75, 3.05) is 79.0 Å². The summed E-state index contributed by atoms with van der Waals surface area (Å²) in [7, 11) is 0. The van der Waals surface area contributed by atoms with Crippen LogP contribution in [0.3, 0.4) is 0 Å². The Morgan fingerprint density at radius 3 is 0.914 bits per heavy atom. The lowest BCUT2D eigenvalue weighted by Crippen LogP contribution is -2.47. The molecule has 6 amide bonds. The van der Waals surface area contributed by atoms with Crippen LogP contribution < -0.4 is 0 Å². The number of nitrogens with zero attached hydrogens (tertiary/aromatic N) is 4. The Labute approximate surface area is 335 Å². The van der Waals surface area contributed by atoms with Crippen LogP contribution in [0.5, 0.6) is 0 Å². The van der Waals surface area contributed by atoms with Gasteiger partial charge in [0.05, 0.1) is 75.1 Å². The van der Waals surface area contributed by atoms with Crippen LogP contribution in [0.4, 0.5) is 0 Å². The van der Waals surface area contributed by atoms with Gasteiger partial charge in [-0.3, -0.25) is 38.6 Å². The van der Waals surface area contributed by atoms with Gasteiger partial charge in [0.2, 0.25) is 0 Å². The number of amides is 6. The summed E-state index contributed by atoms with van der Waals surface area (Å²) in [6.45, 7) is 1.82. The van der Waals surface area contributed by atoms with Crippen molar-refractivity contribution in [3.05, 3.63) is 143 Å². The predicted molar refractivity (Wildman–Crippen MR) is 209 cm³/mol. The molecule has 14 nitrogen and oxygen atoms in total. The van der Waals surface area contributed by atoms with Gasteiger partial charge in [0.15, 0.2) is 0 Å². The SMILES string of the molecule is O=C([C@@H](c1ccccc1)N1C(=O)c2ccccc2C1=O)N1CCOCCOCCN(C(=O)[C@@H](c2ccccc2)N2C(=O)c3ccccc3C2=O)CCOCCOCC1. The maximum absolute atomic E-state index is 14.4. The third-order valence-corrected chi connectivity index (χ3v) is 10.3. The Morgan fingerprint density at radius 1 is 0.379 bits per heavy atom. The minimum absolute atomic E-state index is 0.130. The summed E-state index contributed by atoms with van der Waals surface area (Å²) in [5.74, 6) is -3.05. The molecule has 7 rings (SSSR count). The van der Waals surface area contributed by atoms with E-state index in [0.717, 1.165) is 9.80 Å². The van der Waals surface area contributed by atoms with E-state index in [1.165, 1.54) is 9.80 Å². The van der Waals surface area contributed by atoms with Crippen LogP contribution in [0.15, 0.2) is 109 Å². The van der Waals surface area contributed by atoms with Crippen LogP contribution in [0.1, 0.15) is 64.6 Å². The summed E-state index contributed by atoms with van der Waals surface area (Å²) >= 11 is 0. The van der Waals surface area contributed by atoms with Gasteiger partial charge in [-0.25, -0.2) is 0 Å². The van der Waals surface area contributed by atoms with Crippen LogP contribution in [0.25, 0.3) is 0 Å². The molecule has 1 saturated heterocycles. The van der Waals surface area contributed by atoms with E-state index in [1.807, 2.05) is 0 Å². The predicted octanol–water partition coefficient (Wildman–Crippen LogP) is 3.80. The van der Waals surface area contributed by atoms with Gasteiger partial charge in [-0.1, -0.05) is 84.9 Å². The molecule has 0 bridgehead atoms. The van der Waals surface area contributed by atoms with Crippen LogP contribution >= 0.6 is 0 Å². The number of rotatable bonds is 6. The lowest BCUT2D eigenvalue weighted by molar-refractivity contribution is -0.138. The lowest BCUT2D eigenvalue weighted by atomic mass is 10.0. The van der Waals surface area contributed by atoms with E-state index >= 15 is 0 Å². The van der Waals surface area contributed by atoms with Crippen molar-refractivity contribution in [2.45, 2.75) is 12.1 Å². The van der Waals surface area contributed by atoms with Crippen molar-refractivity contribution < 1.29 is 47.7 Å². The maximum Gasteiger partial charge on any atom is 0.262 e. The second kappa shape index (κ2) is 18.9. The molecule has 3 aliphatic heterocycles. The topological polar surface area (TPSA) is 152 Å². The number of carbonyl (C=O) groups is 6. The molecular formula is C44H44N4O10. The van der Waals surface area contributed by atoms with E-state index in [2.05, 4.69) is 0 Å². The highest BCUT2D eigenvalue weighted by atomic mass is 16.5. The highest BCUT2D eigenvalue weighted by Gasteiger charge is 2.46. The van der Waals surface area contributed by atoms with Crippen molar-refractivity contribution in [1.82, 2.24) is 19.6 Å². The Bertz CT molecular complexity index is 1890. The van der Waals surface area contributed by atoms with E-state index < -0.39 is 47.5 Å². The van der Waals surface area contributed by atoms with Gasteiger partial charge in [0.25, 0.3) is 35.4 Å². The number of ether oxygens (including phenoxy) is 4. The Hall–Kier alpha value is -6.06. The second-order valence-corrected chi connectivity index (χ2v) is 13.8. The van der Waals surface area contributed by atoms with E-state index in [4.69, 9.17) is 18.9 Å². The maximum atomic E-state index is 14.4. The van der Waals surface area contributed by atoms with Crippen molar-refractivity contribution in [1.29, 1.82) is 0 Å². The molecule has 0 spiro atoms. The van der Waals surface area contributed by atoms with E-state index in [1.54, 1.807) is 109 Å². The molecule has 0 N–H and O–H groups in total. The van der Waals surface area contributed by atoms with Crippen molar-refractivity contribution in [3.63, 3.8) is 0 Å². The zero-order valence-corrected chi connectivity index (χ0v) is 31.9. The molecule has 300 valence electrons. The molecule has 0 aliphatic carbocycles. The number of carbonyl (C=O) groups excluding carboxylic acids is 6. The first kappa shape index (κ1) is 40.1. The summed E-state index contributed by atoms with van der Waals surface area (Å²) in [6.07, 6.45) is 0. The van der Waals surface area contributed by atoms with Crippen LogP contribution in [0.2, 0.25) is 0 Å². The molecule has 0 radical (unpaired) electrons. The van der Waals surface area contributed by atoms with Gasteiger partial charge in [-0.2, -0.15) is 0 Å². The molecule has 14 heteroatoms. The average molecular weight is 789 g/mol. The molecule has 58 heavy (non-hydrogen) atoms. The molecule has 0 unspecified atom stereocenters. The second-order valence-electron chi connectivity index (χ2n) is 13.8. The van der Waals surface area contributed by atoms with Crippen molar-refractivity contribution in [2.24, 2.45) is 0 Å². The summed E-state index contributed by atoms with van der Waals surface area (Å²) in [6, 6.07) is 28.1. The quantitative estimate of drug-likeness (QED) is 0.264. The first-order chi connectivity index (χ1) is 28.4. The molecule has 4 aromatic rings. The highest BCUT2D eigenvalue weighted by molar-refractivity contribution is 6.23. The molecule has 2 atom stereocenters. The van der Waals surface area contributed by atoms with E-state index in [-0.39, 0.29) is 101 Å². The average Bonchev–Trinajstić information content (AvgIpc) is 3.65. The molecule has 0 aromatic heterocycles. The van der Waals surface area contributed by atoms with E-state index in [0.29, 0.717) is 11.1 Å². The normalized spacial score (nSPS) is 18.6. The Balaban J connectivity index is 1.01.